The summed E-state index contributed by atoms with van der Waals surface area (Å²) in [5.41, 5.74) is 6.97. The molecule has 0 unspecified atom stereocenters. The van der Waals surface area contributed by atoms with Gasteiger partial charge < -0.3 is 11.1 Å². The van der Waals surface area contributed by atoms with Crippen molar-refractivity contribution in [1.29, 1.82) is 0 Å². The second-order valence-electron chi connectivity index (χ2n) is 6.10. The lowest BCUT2D eigenvalue weighted by molar-refractivity contribution is -0.122. The summed E-state index contributed by atoms with van der Waals surface area (Å²) in [6.07, 6.45) is 4.34. The highest BCUT2D eigenvalue weighted by Gasteiger charge is 2.29. The molecule has 0 aliphatic heterocycles. The maximum atomic E-state index is 12.1. The molecule has 0 heterocycles. The van der Waals surface area contributed by atoms with Crippen molar-refractivity contribution < 1.29 is 13.2 Å². The van der Waals surface area contributed by atoms with Crippen LogP contribution in [0.3, 0.4) is 0 Å². The summed E-state index contributed by atoms with van der Waals surface area (Å²) in [6.45, 7) is 0. The minimum atomic E-state index is -3.04. The molecule has 6 heteroatoms. The molecule has 1 fully saturated rings. The van der Waals surface area contributed by atoms with Crippen LogP contribution < -0.4 is 11.1 Å². The molecule has 1 aromatic rings. The van der Waals surface area contributed by atoms with Gasteiger partial charge in [0, 0.05) is 24.8 Å². The van der Waals surface area contributed by atoms with Crippen LogP contribution in [0.2, 0.25) is 0 Å². The Labute approximate surface area is 132 Å². The minimum absolute atomic E-state index is 0.0658. The summed E-state index contributed by atoms with van der Waals surface area (Å²) in [7, 11) is -3.04. The van der Waals surface area contributed by atoms with E-state index >= 15 is 0 Å². The van der Waals surface area contributed by atoms with E-state index in [1.54, 1.807) is 0 Å². The van der Waals surface area contributed by atoms with E-state index in [-0.39, 0.29) is 29.7 Å². The number of rotatable bonds is 5. The number of hydrogen-bond acceptors (Lipinski definition) is 4. The number of carbonyl (C=O) groups excluding carboxylic acids is 1. The molecular formula is C16H24N2O3S. The average Bonchev–Trinajstić information content (AvgIpc) is 2.47. The highest BCUT2D eigenvalue weighted by atomic mass is 32.2. The van der Waals surface area contributed by atoms with E-state index in [0.717, 1.165) is 18.4 Å². The largest absolute Gasteiger partial charge is 0.353 e. The fourth-order valence-electron chi connectivity index (χ4n) is 2.97. The van der Waals surface area contributed by atoms with Crippen LogP contribution in [0.5, 0.6) is 0 Å². The predicted molar refractivity (Wildman–Crippen MR) is 87.0 cm³/mol. The van der Waals surface area contributed by atoms with Gasteiger partial charge in [-0.1, -0.05) is 36.8 Å². The van der Waals surface area contributed by atoms with Crippen molar-refractivity contribution in [3.8, 4) is 0 Å². The van der Waals surface area contributed by atoms with Crippen LogP contribution in [0.4, 0.5) is 0 Å². The first-order valence-corrected chi connectivity index (χ1v) is 9.60. The average molecular weight is 324 g/mol. The summed E-state index contributed by atoms with van der Waals surface area (Å²) in [6, 6.07) is 9.09. The molecular weight excluding hydrogens is 300 g/mol. The highest BCUT2D eigenvalue weighted by Crippen LogP contribution is 2.24. The first-order valence-electron chi connectivity index (χ1n) is 7.65. The zero-order chi connectivity index (χ0) is 16.2. The van der Waals surface area contributed by atoms with Crippen molar-refractivity contribution in [2.75, 3.05) is 6.26 Å². The second kappa shape index (κ2) is 7.24. The molecule has 5 nitrogen and oxygen atoms in total. The third-order valence-corrected chi connectivity index (χ3v) is 5.87. The van der Waals surface area contributed by atoms with Crippen molar-refractivity contribution >= 4 is 15.7 Å². The van der Waals surface area contributed by atoms with Crippen molar-refractivity contribution in [3.63, 3.8) is 0 Å². The standard InChI is InChI=1S/C16H24N2O3S/c1-22(20,21)14-9-5-8-13(10-14)18-16(19)11-15(17)12-6-3-2-4-7-12/h2-4,6-7,13-15H,5,8-11,17H2,1H3,(H,18,19)/t13-,14+,15+/m0/s1. The van der Waals surface area contributed by atoms with Crippen LogP contribution in [0.1, 0.15) is 43.7 Å². The van der Waals surface area contributed by atoms with Gasteiger partial charge in [-0.25, -0.2) is 8.42 Å². The first kappa shape index (κ1) is 17.0. The van der Waals surface area contributed by atoms with Gasteiger partial charge in [0.1, 0.15) is 9.84 Å². The van der Waals surface area contributed by atoms with E-state index in [2.05, 4.69) is 5.32 Å². The number of carbonyl (C=O) groups is 1. The van der Waals surface area contributed by atoms with Crippen molar-refractivity contribution in [3.05, 3.63) is 35.9 Å². The van der Waals surface area contributed by atoms with Gasteiger partial charge >= 0.3 is 0 Å². The summed E-state index contributed by atoms with van der Waals surface area (Å²) < 4.78 is 23.3. The first-order chi connectivity index (χ1) is 10.4. The lowest BCUT2D eigenvalue weighted by atomic mass is 9.94. The van der Waals surface area contributed by atoms with E-state index in [0.29, 0.717) is 12.8 Å². The van der Waals surface area contributed by atoms with Crippen LogP contribution in [0, 0.1) is 0 Å². The Kier molecular flexibility index (Phi) is 5.58. The predicted octanol–water partition coefficient (Wildman–Crippen LogP) is 1.55. The van der Waals surface area contributed by atoms with Crippen LogP contribution in [0.15, 0.2) is 30.3 Å². The Hall–Kier alpha value is -1.40. The zero-order valence-corrected chi connectivity index (χ0v) is 13.7. The molecule has 0 bridgehead atoms. The van der Waals surface area contributed by atoms with Gasteiger partial charge in [-0.3, -0.25) is 4.79 Å². The van der Waals surface area contributed by atoms with Crippen LogP contribution >= 0.6 is 0 Å². The molecule has 0 saturated heterocycles. The van der Waals surface area contributed by atoms with Gasteiger partial charge in [-0.05, 0) is 24.8 Å². The Balaban J connectivity index is 1.87. The number of sulfone groups is 1. The Morgan fingerprint density at radius 1 is 1.32 bits per heavy atom. The molecule has 1 amide bonds. The van der Waals surface area contributed by atoms with E-state index in [1.807, 2.05) is 30.3 Å². The van der Waals surface area contributed by atoms with E-state index in [9.17, 15) is 13.2 Å². The van der Waals surface area contributed by atoms with Gasteiger partial charge in [-0.15, -0.1) is 0 Å². The minimum Gasteiger partial charge on any atom is -0.353 e. The Morgan fingerprint density at radius 3 is 2.64 bits per heavy atom. The molecule has 122 valence electrons. The number of nitrogens with two attached hydrogens (primary N) is 1. The Morgan fingerprint density at radius 2 is 2.00 bits per heavy atom. The number of nitrogens with one attached hydrogen (secondary N) is 1. The van der Waals surface area contributed by atoms with Gasteiger partial charge in [0.05, 0.1) is 5.25 Å². The van der Waals surface area contributed by atoms with Crippen molar-refractivity contribution in [1.82, 2.24) is 5.32 Å². The van der Waals surface area contributed by atoms with E-state index < -0.39 is 9.84 Å². The fraction of sp³-hybridized carbons (Fsp3) is 0.562. The lowest BCUT2D eigenvalue weighted by Gasteiger charge is -2.29. The quantitative estimate of drug-likeness (QED) is 0.860. The molecule has 1 aliphatic rings. The maximum Gasteiger partial charge on any atom is 0.222 e. The van der Waals surface area contributed by atoms with Crippen LogP contribution in [0.25, 0.3) is 0 Å². The Bertz CT molecular complexity index is 601. The SMILES string of the molecule is CS(=O)(=O)[C@@H]1CCC[C@H](NC(=O)C[C@@H](N)c2ccccc2)C1. The molecule has 1 saturated carbocycles. The van der Waals surface area contributed by atoms with Gasteiger partial charge in [-0.2, -0.15) is 0 Å². The van der Waals surface area contributed by atoms with E-state index in [1.165, 1.54) is 6.26 Å². The highest BCUT2D eigenvalue weighted by molar-refractivity contribution is 7.91. The summed E-state index contributed by atoms with van der Waals surface area (Å²) in [4.78, 5) is 12.1. The topological polar surface area (TPSA) is 89.3 Å². The summed E-state index contributed by atoms with van der Waals surface area (Å²) in [5.74, 6) is -0.115. The summed E-state index contributed by atoms with van der Waals surface area (Å²) >= 11 is 0. The smallest absolute Gasteiger partial charge is 0.222 e. The molecule has 0 radical (unpaired) electrons. The normalized spacial score (nSPS) is 23.7. The molecule has 0 spiro atoms. The lowest BCUT2D eigenvalue weighted by Crippen LogP contribution is -2.42. The van der Waals surface area contributed by atoms with Crippen LogP contribution in [-0.2, 0) is 14.6 Å². The fourth-order valence-corrected chi connectivity index (χ4v) is 4.15. The van der Waals surface area contributed by atoms with Crippen molar-refractivity contribution in [2.24, 2.45) is 5.73 Å². The molecule has 1 aromatic carbocycles. The van der Waals surface area contributed by atoms with Crippen molar-refractivity contribution in [2.45, 2.75) is 49.4 Å². The van der Waals surface area contributed by atoms with Gasteiger partial charge in [0.15, 0.2) is 0 Å². The third kappa shape index (κ3) is 4.81. The second-order valence-corrected chi connectivity index (χ2v) is 8.43. The maximum absolute atomic E-state index is 12.1. The number of benzene rings is 1. The monoisotopic (exact) mass is 324 g/mol. The van der Waals surface area contributed by atoms with E-state index in [4.69, 9.17) is 5.73 Å². The zero-order valence-electron chi connectivity index (χ0n) is 12.9. The molecule has 1 aliphatic carbocycles. The van der Waals surface area contributed by atoms with Gasteiger partial charge in [0.25, 0.3) is 0 Å². The molecule has 22 heavy (non-hydrogen) atoms. The summed E-state index contributed by atoms with van der Waals surface area (Å²) in [5, 5.41) is 2.60. The third-order valence-electron chi connectivity index (χ3n) is 4.23. The molecule has 2 rings (SSSR count). The molecule has 3 atom stereocenters. The van der Waals surface area contributed by atoms with Gasteiger partial charge in [0.2, 0.25) is 5.91 Å². The molecule has 0 aromatic heterocycles. The number of hydrogen-bond donors (Lipinski definition) is 2. The number of amides is 1. The molecule has 3 N–H and O–H groups in total. The van der Waals surface area contributed by atoms with Crippen LogP contribution in [-0.4, -0.2) is 31.9 Å².